The van der Waals surface area contributed by atoms with Crippen LogP contribution in [-0.4, -0.2) is 73.2 Å². The molecule has 3 heterocycles. The summed E-state index contributed by atoms with van der Waals surface area (Å²) in [4.78, 5) is 40.9. The van der Waals surface area contributed by atoms with Crippen molar-refractivity contribution in [3.05, 3.63) is 52.0 Å². The van der Waals surface area contributed by atoms with Crippen LogP contribution in [0, 0.1) is 11.2 Å². The van der Waals surface area contributed by atoms with Crippen molar-refractivity contribution in [1.82, 2.24) is 15.5 Å². The first-order valence-corrected chi connectivity index (χ1v) is 13.5. The molecule has 1 spiro atoms. The van der Waals surface area contributed by atoms with Gasteiger partial charge in [0.15, 0.2) is 5.79 Å². The smallest absolute Gasteiger partial charge is 0.243 e. The van der Waals surface area contributed by atoms with Crippen molar-refractivity contribution in [3.8, 4) is 5.75 Å². The Bertz CT molecular complexity index is 1200. The first kappa shape index (κ1) is 28.5. The maximum atomic E-state index is 13.3. The van der Waals surface area contributed by atoms with Gasteiger partial charge in [0.25, 0.3) is 0 Å². The lowest BCUT2D eigenvalue weighted by molar-refractivity contribution is -0.152. The number of likely N-dealkylation sites (tertiary alicyclic amines) is 1. The standard InChI is InChI=1S/C26H32FN5O6S/c1-16(21-11-17(14-39-21)24(28)29)31-25(35)20-12-26(37-9-10-38-26)15-32(20)23(34)13-30-22(33)3-2-8-36-19-6-4-18(27)5-7-19/h4-7,11,14,16,20H,2-3,8-10,12-13,15H2,1H3,(H3,28,29)(H,30,33)(H,31,35)/t16-,20+/m1/s1. The van der Waals surface area contributed by atoms with Crippen molar-refractivity contribution in [3.63, 3.8) is 0 Å². The van der Waals surface area contributed by atoms with Gasteiger partial charge in [0.05, 0.1) is 39.0 Å². The fourth-order valence-electron chi connectivity index (χ4n) is 4.46. The van der Waals surface area contributed by atoms with E-state index in [1.54, 1.807) is 11.4 Å². The zero-order chi connectivity index (χ0) is 28.0. The van der Waals surface area contributed by atoms with Gasteiger partial charge in [-0.15, -0.1) is 11.3 Å². The van der Waals surface area contributed by atoms with Gasteiger partial charge in [-0.25, -0.2) is 4.39 Å². The van der Waals surface area contributed by atoms with Crippen LogP contribution in [0.1, 0.15) is 42.7 Å². The molecule has 210 valence electrons. The fourth-order valence-corrected chi connectivity index (χ4v) is 5.38. The summed E-state index contributed by atoms with van der Waals surface area (Å²) in [5.41, 5.74) is 6.12. The second-order valence-corrected chi connectivity index (χ2v) is 10.4. The van der Waals surface area contributed by atoms with Crippen LogP contribution in [-0.2, 0) is 23.9 Å². The molecule has 1 aromatic carbocycles. The van der Waals surface area contributed by atoms with Gasteiger partial charge in [0.1, 0.15) is 23.4 Å². The average Bonchev–Trinajstić information content (AvgIpc) is 3.67. The fraction of sp³-hybridized carbons (Fsp3) is 0.462. The third-order valence-corrected chi connectivity index (χ3v) is 7.63. The minimum atomic E-state index is -1.05. The summed E-state index contributed by atoms with van der Waals surface area (Å²) >= 11 is 1.38. The van der Waals surface area contributed by atoms with E-state index in [2.05, 4.69) is 10.6 Å². The second kappa shape index (κ2) is 12.5. The van der Waals surface area contributed by atoms with Crippen LogP contribution >= 0.6 is 11.3 Å². The van der Waals surface area contributed by atoms with E-state index >= 15 is 0 Å². The van der Waals surface area contributed by atoms with Gasteiger partial charge in [0, 0.05) is 28.7 Å². The number of halogens is 1. The van der Waals surface area contributed by atoms with E-state index in [0.717, 1.165) is 4.88 Å². The number of benzene rings is 1. The van der Waals surface area contributed by atoms with Gasteiger partial charge in [-0.2, -0.15) is 0 Å². The Morgan fingerprint density at radius 2 is 2.00 bits per heavy atom. The maximum absolute atomic E-state index is 13.3. The molecule has 0 aliphatic carbocycles. The van der Waals surface area contributed by atoms with Crippen LogP contribution in [0.2, 0.25) is 0 Å². The Kier molecular flexibility index (Phi) is 9.15. The van der Waals surface area contributed by atoms with E-state index in [1.807, 2.05) is 6.92 Å². The summed E-state index contributed by atoms with van der Waals surface area (Å²) < 4.78 is 30.0. The second-order valence-electron chi connectivity index (χ2n) is 9.41. The van der Waals surface area contributed by atoms with Crippen molar-refractivity contribution >= 4 is 34.9 Å². The summed E-state index contributed by atoms with van der Waals surface area (Å²) in [6, 6.07) is 6.13. The van der Waals surface area contributed by atoms with E-state index in [-0.39, 0.29) is 62.0 Å². The Labute approximate surface area is 229 Å². The molecule has 3 amide bonds. The molecule has 5 N–H and O–H groups in total. The molecule has 2 aromatic rings. The minimum absolute atomic E-state index is 0.0523. The number of hydrogen-bond donors (Lipinski definition) is 4. The van der Waals surface area contributed by atoms with Gasteiger partial charge in [-0.1, -0.05) is 0 Å². The Morgan fingerprint density at radius 3 is 2.67 bits per heavy atom. The monoisotopic (exact) mass is 561 g/mol. The van der Waals surface area contributed by atoms with Gasteiger partial charge in [0.2, 0.25) is 17.7 Å². The summed E-state index contributed by atoms with van der Waals surface area (Å²) in [5.74, 6) is -2.08. The summed E-state index contributed by atoms with van der Waals surface area (Å²) in [5, 5.41) is 14.9. The lowest BCUT2D eigenvalue weighted by Crippen LogP contribution is -2.49. The van der Waals surface area contributed by atoms with Crippen LogP contribution in [0.3, 0.4) is 0 Å². The van der Waals surface area contributed by atoms with Crippen LogP contribution < -0.4 is 21.1 Å². The number of carbonyl (C=O) groups excluding carboxylic acids is 3. The van der Waals surface area contributed by atoms with Crippen molar-refractivity contribution in [1.29, 1.82) is 5.41 Å². The zero-order valence-corrected chi connectivity index (χ0v) is 22.4. The van der Waals surface area contributed by atoms with E-state index in [0.29, 0.717) is 30.9 Å². The first-order valence-electron chi connectivity index (χ1n) is 12.6. The molecule has 2 saturated heterocycles. The third-order valence-electron chi connectivity index (χ3n) is 6.51. The van der Waals surface area contributed by atoms with E-state index < -0.39 is 17.7 Å². The predicted octanol–water partition coefficient (Wildman–Crippen LogP) is 1.67. The third kappa shape index (κ3) is 7.31. The molecule has 0 radical (unpaired) electrons. The number of nitrogens with two attached hydrogens (primary N) is 1. The molecule has 2 atom stereocenters. The van der Waals surface area contributed by atoms with E-state index in [9.17, 15) is 18.8 Å². The Balaban J connectivity index is 1.29. The summed E-state index contributed by atoms with van der Waals surface area (Å²) in [6.07, 6.45) is 0.715. The first-order chi connectivity index (χ1) is 18.7. The molecule has 0 saturated carbocycles. The molecule has 1 aromatic heterocycles. The molecule has 11 nitrogen and oxygen atoms in total. The number of amidine groups is 1. The van der Waals surface area contributed by atoms with Crippen LogP contribution in [0.25, 0.3) is 0 Å². The molecular weight excluding hydrogens is 529 g/mol. The van der Waals surface area contributed by atoms with Crippen molar-refractivity contribution in [2.45, 2.75) is 44.1 Å². The van der Waals surface area contributed by atoms with Gasteiger partial charge in [-0.3, -0.25) is 19.8 Å². The molecule has 2 aliphatic rings. The number of nitrogens with one attached hydrogen (secondary N) is 3. The maximum Gasteiger partial charge on any atom is 0.243 e. The molecular formula is C26H32FN5O6S. The highest BCUT2D eigenvalue weighted by Gasteiger charge is 2.52. The van der Waals surface area contributed by atoms with Crippen LogP contribution in [0.5, 0.6) is 5.75 Å². The number of carbonyl (C=O) groups is 3. The molecule has 39 heavy (non-hydrogen) atoms. The summed E-state index contributed by atoms with van der Waals surface area (Å²) in [7, 11) is 0. The number of ether oxygens (including phenoxy) is 3. The predicted molar refractivity (Wildman–Crippen MR) is 141 cm³/mol. The van der Waals surface area contributed by atoms with E-state index in [4.69, 9.17) is 25.4 Å². The van der Waals surface area contributed by atoms with Gasteiger partial charge >= 0.3 is 0 Å². The Hall–Kier alpha value is -3.55. The number of rotatable bonds is 11. The zero-order valence-electron chi connectivity index (χ0n) is 21.5. The minimum Gasteiger partial charge on any atom is -0.494 e. The number of amides is 3. The quantitative estimate of drug-likeness (QED) is 0.185. The lowest BCUT2D eigenvalue weighted by Gasteiger charge is -2.25. The SMILES string of the molecule is C[C@@H](NC(=O)[C@@H]1CC2(CN1C(=O)CNC(=O)CCCOc1ccc(F)cc1)OCCO2)c1cc(C(=N)N)cs1. The van der Waals surface area contributed by atoms with Crippen molar-refractivity contribution in [2.24, 2.45) is 5.73 Å². The molecule has 0 unspecified atom stereocenters. The lowest BCUT2D eigenvalue weighted by atomic mass is 10.1. The molecule has 13 heteroatoms. The van der Waals surface area contributed by atoms with Crippen molar-refractivity contribution in [2.75, 3.05) is 32.9 Å². The molecule has 2 fully saturated rings. The molecule has 4 rings (SSSR count). The largest absolute Gasteiger partial charge is 0.494 e. The highest BCUT2D eigenvalue weighted by molar-refractivity contribution is 7.10. The number of nitrogens with zero attached hydrogens (tertiary/aromatic N) is 1. The normalized spacial score (nSPS) is 18.6. The molecule has 2 aliphatic heterocycles. The highest BCUT2D eigenvalue weighted by Crippen LogP contribution is 2.35. The van der Waals surface area contributed by atoms with Gasteiger partial charge in [-0.05, 0) is 43.7 Å². The average molecular weight is 562 g/mol. The number of hydrogen-bond acceptors (Lipinski definition) is 8. The topological polar surface area (TPSA) is 156 Å². The summed E-state index contributed by atoms with van der Waals surface area (Å²) in [6.45, 7) is 2.61. The van der Waals surface area contributed by atoms with E-state index in [1.165, 1.54) is 40.5 Å². The van der Waals surface area contributed by atoms with Crippen LogP contribution in [0.15, 0.2) is 35.7 Å². The Morgan fingerprint density at radius 1 is 1.28 bits per heavy atom. The number of nitrogen functional groups attached to an aromatic ring is 1. The van der Waals surface area contributed by atoms with Crippen LogP contribution in [0.4, 0.5) is 4.39 Å². The molecule has 0 bridgehead atoms. The number of thiophene rings is 1. The van der Waals surface area contributed by atoms with Crippen molar-refractivity contribution < 1.29 is 33.0 Å². The highest BCUT2D eigenvalue weighted by atomic mass is 32.1. The van der Waals surface area contributed by atoms with Gasteiger partial charge < -0.3 is 35.5 Å².